The van der Waals surface area contributed by atoms with E-state index in [2.05, 4.69) is 29.2 Å². The van der Waals surface area contributed by atoms with Gasteiger partial charge in [0.2, 0.25) is 0 Å². The molecule has 0 aromatic heterocycles. The van der Waals surface area contributed by atoms with Crippen molar-refractivity contribution < 1.29 is 9.90 Å². The highest BCUT2D eigenvalue weighted by atomic mass is 16.3. The maximum absolute atomic E-state index is 12.4. The van der Waals surface area contributed by atoms with Crippen LogP contribution in [0.2, 0.25) is 0 Å². The molecule has 3 heteroatoms. The zero-order valence-electron chi connectivity index (χ0n) is 14.0. The molecule has 2 aromatic carbocycles. The van der Waals surface area contributed by atoms with Gasteiger partial charge >= 0.3 is 0 Å². The van der Waals surface area contributed by atoms with Gasteiger partial charge in [-0.05, 0) is 36.4 Å². The van der Waals surface area contributed by atoms with Gasteiger partial charge in [-0.15, -0.1) is 0 Å². The van der Waals surface area contributed by atoms with Crippen molar-refractivity contribution in [2.75, 3.05) is 13.1 Å². The first-order valence-electron chi connectivity index (χ1n) is 8.74. The Morgan fingerprint density at radius 1 is 1.08 bits per heavy atom. The number of hydrogen-bond donors (Lipinski definition) is 1. The molecular weight excluding hydrogens is 298 g/mol. The standard InChI is InChI=1S/C21H25NO2/c23-20(21(24)19-11-5-2-6-12-19)14-18-10-7-13-22(16-18)15-17-8-3-1-4-9-17/h1-6,8-9,11-12,18,21,24H,7,10,13-16H2/t18-,21?/m1/s1. The normalized spacial score (nSPS) is 19.8. The summed E-state index contributed by atoms with van der Waals surface area (Å²) in [6.07, 6.45) is 1.65. The Kier molecular flexibility index (Phi) is 5.78. The molecule has 0 amide bonds. The lowest BCUT2D eigenvalue weighted by Gasteiger charge is -2.32. The zero-order valence-corrected chi connectivity index (χ0v) is 14.0. The van der Waals surface area contributed by atoms with Crippen molar-refractivity contribution in [3.63, 3.8) is 0 Å². The lowest BCUT2D eigenvalue weighted by Crippen LogP contribution is -2.36. The van der Waals surface area contributed by atoms with E-state index in [1.807, 2.05) is 36.4 Å². The number of likely N-dealkylation sites (tertiary alicyclic amines) is 1. The number of rotatable bonds is 6. The number of nitrogens with zero attached hydrogens (tertiary/aromatic N) is 1. The molecule has 24 heavy (non-hydrogen) atoms. The first-order valence-corrected chi connectivity index (χ1v) is 8.74. The van der Waals surface area contributed by atoms with E-state index in [0.717, 1.165) is 32.5 Å². The molecular formula is C21H25NO2. The molecule has 1 unspecified atom stereocenters. The minimum atomic E-state index is -0.990. The Morgan fingerprint density at radius 3 is 2.46 bits per heavy atom. The third-order valence-electron chi connectivity index (χ3n) is 4.76. The molecule has 1 aliphatic heterocycles. The molecule has 0 saturated carbocycles. The number of piperidine rings is 1. The van der Waals surface area contributed by atoms with Gasteiger partial charge in [0.1, 0.15) is 6.10 Å². The molecule has 1 fully saturated rings. The number of hydrogen-bond acceptors (Lipinski definition) is 3. The molecule has 126 valence electrons. The van der Waals surface area contributed by atoms with Crippen LogP contribution in [0.1, 0.15) is 36.5 Å². The van der Waals surface area contributed by atoms with Gasteiger partial charge in [0, 0.05) is 19.5 Å². The average Bonchev–Trinajstić information content (AvgIpc) is 2.63. The predicted octanol–water partition coefficient (Wildman–Crippen LogP) is 3.59. The Hall–Kier alpha value is -1.97. The monoisotopic (exact) mass is 323 g/mol. The smallest absolute Gasteiger partial charge is 0.166 e. The molecule has 2 atom stereocenters. The van der Waals surface area contributed by atoms with Crippen molar-refractivity contribution in [3.8, 4) is 0 Å². The summed E-state index contributed by atoms with van der Waals surface area (Å²) in [5, 5.41) is 10.3. The van der Waals surface area contributed by atoms with Crippen LogP contribution in [-0.2, 0) is 11.3 Å². The molecule has 0 bridgehead atoms. The number of aliphatic hydroxyl groups is 1. The predicted molar refractivity (Wildman–Crippen MR) is 95.5 cm³/mol. The lowest BCUT2D eigenvalue weighted by molar-refractivity contribution is -0.128. The van der Waals surface area contributed by atoms with E-state index in [9.17, 15) is 9.90 Å². The van der Waals surface area contributed by atoms with Crippen molar-refractivity contribution in [3.05, 3.63) is 71.8 Å². The second-order valence-corrected chi connectivity index (χ2v) is 6.71. The fourth-order valence-electron chi connectivity index (χ4n) is 3.52. The van der Waals surface area contributed by atoms with Crippen molar-refractivity contribution in [2.45, 2.75) is 31.9 Å². The van der Waals surface area contributed by atoms with Crippen LogP contribution in [0.3, 0.4) is 0 Å². The van der Waals surface area contributed by atoms with E-state index in [4.69, 9.17) is 0 Å². The summed E-state index contributed by atoms with van der Waals surface area (Å²) in [6.45, 7) is 2.95. The molecule has 3 nitrogen and oxygen atoms in total. The number of Topliss-reactive ketones (excluding diaryl/α,β-unsaturated/α-hetero) is 1. The first kappa shape index (κ1) is 16.9. The summed E-state index contributed by atoms with van der Waals surface area (Å²) in [6, 6.07) is 19.7. The van der Waals surface area contributed by atoms with Crippen molar-refractivity contribution in [2.24, 2.45) is 5.92 Å². The van der Waals surface area contributed by atoms with E-state index in [1.54, 1.807) is 0 Å². The van der Waals surface area contributed by atoms with Crippen LogP contribution < -0.4 is 0 Å². The zero-order chi connectivity index (χ0) is 16.8. The highest BCUT2D eigenvalue weighted by molar-refractivity contribution is 5.84. The Balaban J connectivity index is 1.54. The number of carbonyl (C=O) groups excluding carboxylic acids is 1. The minimum Gasteiger partial charge on any atom is -0.381 e. The average molecular weight is 323 g/mol. The summed E-state index contributed by atoms with van der Waals surface area (Å²) in [4.78, 5) is 14.8. The van der Waals surface area contributed by atoms with Gasteiger partial charge in [-0.1, -0.05) is 60.7 Å². The Morgan fingerprint density at radius 2 is 1.75 bits per heavy atom. The van der Waals surface area contributed by atoms with Crippen molar-refractivity contribution in [1.82, 2.24) is 4.90 Å². The number of carbonyl (C=O) groups is 1. The van der Waals surface area contributed by atoms with Crippen LogP contribution in [0.15, 0.2) is 60.7 Å². The summed E-state index contributed by atoms with van der Waals surface area (Å²) < 4.78 is 0. The van der Waals surface area contributed by atoms with E-state index in [-0.39, 0.29) is 5.78 Å². The van der Waals surface area contributed by atoms with Gasteiger partial charge < -0.3 is 5.11 Å². The van der Waals surface area contributed by atoms with Gasteiger partial charge in [-0.3, -0.25) is 9.69 Å². The summed E-state index contributed by atoms with van der Waals surface area (Å²) in [5.74, 6) is 0.279. The van der Waals surface area contributed by atoms with Crippen LogP contribution in [-0.4, -0.2) is 28.9 Å². The molecule has 0 radical (unpaired) electrons. The summed E-state index contributed by atoms with van der Waals surface area (Å²) in [7, 11) is 0. The van der Waals surface area contributed by atoms with Gasteiger partial charge in [0.15, 0.2) is 5.78 Å². The van der Waals surface area contributed by atoms with E-state index in [0.29, 0.717) is 17.9 Å². The molecule has 1 N–H and O–H groups in total. The molecule has 2 aromatic rings. The Labute approximate surface area is 143 Å². The minimum absolute atomic E-state index is 0.0623. The summed E-state index contributed by atoms with van der Waals surface area (Å²) >= 11 is 0. The third-order valence-corrected chi connectivity index (χ3v) is 4.76. The van der Waals surface area contributed by atoms with Crippen LogP contribution in [0, 0.1) is 5.92 Å². The third kappa shape index (κ3) is 4.53. The first-order chi connectivity index (χ1) is 11.7. The van der Waals surface area contributed by atoms with Crippen LogP contribution >= 0.6 is 0 Å². The SMILES string of the molecule is O=C(C[C@H]1CCCN(Cc2ccccc2)C1)C(O)c1ccccc1. The number of benzene rings is 2. The molecule has 1 aliphatic rings. The summed E-state index contributed by atoms with van der Waals surface area (Å²) in [5.41, 5.74) is 2.01. The highest BCUT2D eigenvalue weighted by Crippen LogP contribution is 2.25. The van der Waals surface area contributed by atoms with Crippen LogP contribution in [0.4, 0.5) is 0 Å². The van der Waals surface area contributed by atoms with Crippen LogP contribution in [0.5, 0.6) is 0 Å². The van der Waals surface area contributed by atoms with Gasteiger partial charge in [-0.2, -0.15) is 0 Å². The Bertz CT molecular complexity index is 641. The molecule has 1 saturated heterocycles. The fourth-order valence-corrected chi connectivity index (χ4v) is 3.52. The second kappa shape index (κ2) is 8.22. The fraction of sp³-hybridized carbons (Fsp3) is 0.381. The number of aliphatic hydroxyl groups excluding tert-OH is 1. The van der Waals surface area contributed by atoms with E-state index < -0.39 is 6.10 Å². The topological polar surface area (TPSA) is 40.5 Å². The van der Waals surface area contributed by atoms with E-state index >= 15 is 0 Å². The maximum Gasteiger partial charge on any atom is 0.166 e. The van der Waals surface area contributed by atoms with Gasteiger partial charge in [-0.25, -0.2) is 0 Å². The lowest BCUT2D eigenvalue weighted by atomic mass is 9.90. The molecule has 0 aliphatic carbocycles. The number of ketones is 1. The van der Waals surface area contributed by atoms with Gasteiger partial charge in [0.05, 0.1) is 0 Å². The van der Waals surface area contributed by atoms with Crippen molar-refractivity contribution >= 4 is 5.78 Å². The maximum atomic E-state index is 12.4. The second-order valence-electron chi connectivity index (χ2n) is 6.71. The van der Waals surface area contributed by atoms with Crippen LogP contribution in [0.25, 0.3) is 0 Å². The molecule has 0 spiro atoms. The van der Waals surface area contributed by atoms with Gasteiger partial charge in [0.25, 0.3) is 0 Å². The largest absolute Gasteiger partial charge is 0.381 e. The highest BCUT2D eigenvalue weighted by Gasteiger charge is 2.25. The van der Waals surface area contributed by atoms with E-state index in [1.165, 1.54) is 5.56 Å². The van der Waals surface area contributed by atoms with Crippen molar-refractivity contribution in [1.29, 1.82) is 0 Å². The molecule has 3 rings (SSSR count). The quantitative estimate of drug-likeness (QED) is 0.883. The molecule has 1 heterocycles.